The van der Waals surface area contributed by atoms with Gasteiger partial charge in [-0.25, -0.2) is 4.98 Å². The molecule has 1 aromatic heterocycles. The third-order valence-corrected chi connectivity index (χ3v) is 4.16. The van der Waals surface area contributed by atoms with Crippen LogP contribution in [-0.4, -0.2) is 21.0 Å². The summed E-state index contributed by atoms with van der Waals surface area (Å²) >= 11 is 0. The van der Waals surface area contributed by atoms with Crippen molar-refractivity contribution in [2.24, 2.45) is 5.10 Å². The lowest BCUT2D eigenvalue weighted by molar-refractivity contribution is 0.480. The van der Waals surface area contributed by atoms with Gasteiger partial charge in [-0.2, -0.15) is 9.78 Å². The molecule has 0 spiro atoms. The van der Waals surface area contributed by atoms with Crippen LogP contribution >= 0.6 is 0 Å². The maximum Gasteiger partial charge on any atom is 0.282 e. The Morgan fingerprint density at radius 2 is 1.72 bits per heavy atom. The predicted octanol–water partition coefficient (Wildman–Crippen LogP) is 3.45. The first kappa shape index (κ1) is 15.1. The number of rotatable bonds is 2. The summed E-state index contributed by atoms with van der Waals surface area (Å²) in [7, 11) is 0. The summed E-state index contributed by atoms with van der Waals surface area (Å²) in [6, 6.07) is 18.4. The van der Waals surface area contributed by atoms with Gasteiger partial charge < -0.3 is 5.11 Å². The second kappa shape index (κ2) is 5.87. The molecule has 0 amide bonds. The van der Waals surface area contributed by atoms with Gasteiger partial charge in [0, 0.05) is 10.9 Å². The third-order valence-electron chi connectivity index (χ3n) is 4.16. The van der Waals surface area contributed by atoms with E-state index in [4.69, 9.17) is 0 Å². The van der Waals surface area contributed by atoms with Crippen molar-refractivity contribution in [1.82, 2.24) is 9.66 Å². The first-order chi connectivity index (χ1) is 12.1. The zero-order chi connectivity index (χ0) is 17.4. The third kappa shape index (κ3) is 2.55. The van der Waals surface area contributed by atoms with Crippen LogP contribution in [0, 0.1) is 6.92 Å². The number of aromatic nitrogens is 2. The van der Waals surface area contributed by atoms with E-state index in [9.17, 15) is 9.90 Å². The average molecular weight is 329 g/mol. The molecule has 0 aliphatic heterocycles. The summed E-state index contributed by atoms with van der Waals surface area (Å²) in [5.74, 6) is 0.626. The lowest BCUT2D eigenvalue weighted by Gasteiger charge is -2.06. The molecule has 5 heteroatoms. The van der Waals surface area contributed by atoms with Crippen molar-refractivity contribution in [3.63, 3.8) is 0 Å². The SMILES string of the molecule is Cc1nc2ccccc2c(=O)n1/N=C/c1ccc2ccccc2c1O. The first-order valence-corrected chi connectivity index (χ1v) is 7.88. The Hall–Kier alpha value is -3.47. The van der Waals surface area contributed by atoms with Gasteiger partial charge in [-0.05, 0) is 30.5 Å². The van der Waals surface area contributed by atoms with Gasteiger partial charge in [0.2, 0.25) is 0 Å². The average Bonchev–Trinajstić information content (AvgIpc) is 2.63. The number of aryl methyl sites for hydroxylation is 1. The fraction of sp³-hybridized carbons (Fsp3) is 0.0500. The van der Waals surface area contributed by atoms with Crippen molar-refractivity contribution < 1.29 is 5.11 Å². The number of phenolic OH excluding ortho intramolecular Hbond substituents is 1. The Balaban J connectivity index is 1.84. The lowest BCUT2D eigenvalue weighted by atomic mass is 10.1. The summed E-state index contributed by atoms with van der Waals surface area (Å²) in [5, 5.41) is 16.9. The molecule has 0 bridgehead atoms. The second-order valence-electron chi connectivity index (χ2n) is 5.76. The van der Waals surface area contributed by atoms with Crippen LogP contribution in [0.5, 0.6) is 5.75 Å². The smallest absolute Gasteiger partial charge is 0.282 e. The molecule has 0 fully saturated rings. The zero-order valence-electron chi connectivity index (χ0n) is 13.5. The Labute approximate surface area is 143 Å². The second-order valence-corrected chi connectivity index (χ2v) is 5.76. The maximum absolute atomic E-state index is 12.6. The van der Waals surface area contributed by atoms with E-state index in [0.29, 0.717) is 22.3 Å². The minimum Gasteiger partial charge on any atom is -0.507 e. The van der Waals surface area contributed by atoms with Gasteiger partial charge in [0.15, 0.2) is 0 Å². The molecule has 25 heavy (non-hydrogen) atoms. The van der Waals surface area contributed by atoms with E-state index in [1.54, 1.807) is 31.2 Å². The van der Waals surface area contributed by atoms with Crippen LogP contribution in [0.4, 0.5) is 0 Å². The lowest BCUT2D eigenvalue weighted by Crippen LogP contribution is -2.20. The molecular formula is C20H15N3O2. The molecule has 0 atom stereocenters. The monoisotopic (exact) mass is 329 g/mol. The van der Waals surface area contributed by atoms with Gasteiger partial charge in [0.05, 0.1) is 17.1 Å². The van der Waals surface area contributed by atoms with Gasteiger partial charge in [0.1, 0.15) is 11.6 Å². The minimum absolute atomic E-state index is 0.140. The highest BCUT2D eigenvalue weighted by atomic mass is 16.3. The molecule has 0 saturated heterocycles. The molecule has 3 aromatic carbocycles. The van der Waals surface area contributed by atoms with Crippen molar-refractivity contribution in [2.45, 2.75) is 6.92 Å². The predicted molar refractivity (Wildman–Crippen MR) is 99.3 cm³/mol. The Bertz CT molecular complexity index is 1190. The highest BCUT2D eigenvalue weighted by Crippen LogP contribution is 2.27. The van der Waals surface area contributed by atoms with E-state index in [1.807, 2.05) is 36.4 Å². The topological polar surface area (TPSA) is 67.5 Å². The van der Waals surface area contributed by atoms with Crippen molar-refractivity contribution in [2.75, 3.05) is 0 Å². The summed E-state index contributed by atoms with van der Waals surface area (Å²) in [6.07, 6.45) is 1.48. The zero-order valence-corrected chi connectivity index (χ0v) is 13.5. The molecule has 1 heterocycles. The van der Waals surface area contributed by atoms with Gasteiger partial charge in [-0.3, -0.25) is 4.79 Å². The van der Waals surface area contributed by atoms with E-state index in [0.717, 1.165) is 10.8 Å². The standard InChI is InChI=1S/C20H15N3O2/c1-13-22-18-9-5-4-8-17(18)20(25)23(13)21-12-15-11-10-14-6-2-3-7-16(14)19(15)24/h2-12,24H,1H3/b21-12+. The molecule has 0 aliphatic carbocycles. The minimum atomic E-state index is -0.236. The molecule has 122 valence electrons. The molecule has 1 N–H and O–H groups in total. The van der Waals surface area contributed by atoms with Crippen molar-refractivity contribution in [3.05, 3.63) is 82.4 Å². The van der Waals surface area contributed by atoms with Gasteiger partial charge in [-0.1, -0.05) is 42.5 Å². The van der Waals surface area contributed by atoms with Crippen LogP contribution < -0.4 is 5.56 Å². The van der Waals surface area contributed by atoms with Crippen molar-refractivity contribution in [3.8, 4) is 5.75 Å². The largest absolute Gasteiger partial charge is 0.507 e. The van der Waals surface area contributed by atoms with Crippen LogP contribution in [0.15, 0.2) is 70.6 Å². The Kier molecular flexibility index (Phi) is 3.54. The van der Waals surface area contributed by atoms with Gasteiger partial charge >= 0.3 is 0 Å². The van der Waals surface area contributed by atoms with Crippen molar-refractivity contribution >= 4 is 27.9 Å². The fourth-order valence-corrected chi connectivity index (χ4v) is 2.87. The number of phenols is 1. The molecule has 0 saturated carbocycles. The summed E-state index contributed by atoms with van der Waals surface area (Å²) < 4.78 is 1.25. The number of fused-ring (bicyclic) bond motifs is 2. The number of aromatic hydroxyl groups is 1. The van der Waals surface area contributed by atoms with Gasteiger partial charge in [-0.15, -0.1) is 0 Å². The van der Waals surface area contributed by atoms with E-state index >= 15 is 0 Å². The number of hydrogen-bond acceptors (Lipinski definition) is 4. The van der Waals surface area contributed by atoms with E-state index in [-0.39, 0.29) is 11.3 Å². The van der Waals surface area contributed by atoms with Crippen LogP contribution in [0.2, 0.25) is 0 Å². The van der Waals surface area contributed by atoms with E-state index < -0.39 is 0 Å². The molecule has 0 radical (unpaired) electrons. The molecule has 0 unspecified atom stereocenters. The van der Waals surface area contributed by atoms with E-state index in [1.165, 1.54) is 10.9 Å². The Morgan fingerprint density at radius 1 is 1.00 bits per heavy atom. The fourth-order valence-electron chi connectivity index (χ4n) is 2.87. The quantitative estimate of drug-likeness (QED) is 0.573. The molecule has 0 aliphatic rings. The van der Waals surface area contributed by atoms with Crippen LogP contribution in [0.3, 0.4) is 0 Å². The highest BCUT2D eigenvalue weighted by Gasteiger charge is 2.08. The molecule has 4 rings (SSSR count). The van der Waals surface area contributed by atoms with E-state index in [2.05, 4.69) is 10.1 Å². The number of hydrogen-bond donors (Lipinski definition) is 1. The van der Waals surface area contributed by atoms with Crippen LogP contribution in [0.25, 0.3) is 21.7 Å². The summed E-state index contributed by atoms with van der Waals surface area (Å²) in [6.45, 7) is 1.73. The molecule has 5 nitrogen and oxygen atoms in total. The molecule has 4 aromatic rings. The number of para-hydroxylation sites is 1. The summed E-state index contributed by atoms with van der Waals surface area (Å²) in [4.78, 5) is 17.0. The van der Waals surface area contributed by atoms with Crippen LogP contribution in [-0.2, 0) is 0 Å². The van der Waals surface area contributed by atoms with Gasteiger partial charge in [0.25, 0.3) is 5.56 Å². The Morgan fingerprint density at radius 3 is 2.56 bits per heavy atom. The molecular weight excluding hydrogens is 314 g/mol. The normalized spacial score (nSPS) is 11.6. The van der Waals surface area contributed by atoms with Crippen LogP contribution in [0.1, 0.15) is 11.4 Å². The number of benzene rings is 3. The summed E-state index contributed by atoms with van der Waals surface area (Å²) in [5.41, 5.74) is 0.947. The van der Waals surface area contributed by atoms with Crippen molar-refractivity contribution in [1.29, 1.82) is 0 Å². The first-order valence-electron chi connectivity index (χ1n) is 7.88. The maximum atomic E-state index is 12.6. The highest BCUT2D eigenvalue weighted by molar-refractivity contribution is 5.97. The number of nitrogens with zero attached hydrogens (tertiary/aromatic N) is 3.